The molecule has 2 nitrogen and oxygen atoms in total. The third kappa shape index (κ3) is 3.11. The molecule has 0 fully saturated rings. The van der Waals surface area contributed by atoms with Crippen molar-refractivity contribution in [3.05, 3.63) is 58.9 Å². The second-order valence-electron chi connectivity index (χ2n) is 3.52. The highest BCUT2D eigenvalue weighted by Gasteiger charge is 2.03. The molecule has 88 valence electrons. The van der Waals surface area contributed by atoms with Crippen LogP contribution in [-0.4, -0.2) is 5.11 Å². The molecule has 1 N–H and O–H groups in total. The maximum Gasteiger partial charge on any atom is 0.126 e. The van der Waals surface area contributed by atoms with Crippen LogP contribution in [0, 0.1) is 5.82 Å². The van der Waals surface area contributed by atoms with E-state index >= 15 is 0 Å². The van der Waals surface area contributed by atoms with E-state index in [1.54, 1.807) is 18.2 Å². The lowest BCUT2D eigenvalue weighted by Crippen LogP contribution is -1.96. The van der Waals surface area contributed by atoms with Gasteiger partial charge in [0, 0.05) is 11.6 Å². The zero-order valence-corrected chi connectivity index (χ0v) is 9.62. The lowest BCUT2D eigenvalue weighted by atomic mass is 10.2. The van der Waals surface area contributed by atoms with Gasteiger partial charge in [-0.15, -0.1) is 0 Å². The van der Waals surface area contributed by atoms with Gasteiger partial charge in [0.25, 0.3) is 0 Å². The average Bonchev–Trinajstić information content (AvgIpc) is 2.28. The van der Waals surface area contributed by atoms with E-state index in [9.17, 15) is 9.50 Å². The van der Waals surface area contributed by atoms with Crippen molar-refractivity contribution in [2.45, 2.75) is 6.61 Å². The predicted molar refractivity (Wildman–Crippen MR) is 63.8 cm³/mol. The Morgan fingerprint density at radius 3 is 2.71 bits per heavy atom. The highest BCUT2D eigenvalue weighted by Crippen LogP contribution is 2.23. The average molecular weight is 253 g/mol. The summed E-state index contributed by atoms with van der Waals surface area (Å²) in [5, 5.41) is 9.60. The lowest BCUT2D eigenvalue weighted by Gasteiger charge is -2.08. The van der Waals surface area contributed by atoms with Crippen LogP contribution >= 0.6 is 11.6 Å². The highest BCUT2D eigenvalue weighted by molar-refractivity contribution is 6.31. The minimum absolute atomic E-state index is 0.101. The number of rotatable bonds is 3. The molecule has 0 spiro atoms. The Bertz CT molecular complexity index is 529. The first-order valence-electron chi connectivity index (χ1n) is 5.01. The summed E-state index contributed by atoms with van der Waals surface area (Å²) >= 11 is 5.91. The summed E-state index contributed by atoms with van der Waals surface area (Å²) in [4.78, 5) is 0. The smallest absolute Gasteiger partial charge is 0.126 e. The quantitative estimate of drug-likeness (QED) is 0.901. The first-order valence-corrected chi connectivity index (χ1v) is 5.39. The molecule has 0 bridgehead atoms. The van der Waals surface area contributed by atoms with Gasteiger partial charge in [0.2, 0.25) is 0 Å². The van der Waals surface area contributed by atoms with Crippen LogP contribution in [0.2, 0.25) is 5.02 Å². The van der Waals surface area contributed by atoms with Gasteiger partial charge in [0.05, 0.1) is 5.02 Å². The van der Waals surface area contributed by atoms with Crippen molar-refractivity contribution in [2.24, 2.45) is 0 Å². The molecule has 0 atom stereocenters. The normalized spacial score (nSPS) is 10.2. The molecule has 0 saturated heterocycles. The lowest BCUT2D eigenvalue weighted by molar-refractivity contribution is 0.304. The molecular weight excluding hydrogens is 243 g/mol. The Morgan fingerprint density at radius 2 is 2.00 bits per heavy atom. The maximum absolute atomic E-state index is 12.9. The first kappa shape index (κ1) is 11.7. The van der Waals surface area contributed by atoms with E-state index in [0.717, 1.165) is 5.56 Å². The van der Waals surface area contributed by atoms with Crippen molar-refractivity contribution >= 4 is 11.6 Å². The molecule has 0 aliphatic carbocycles. The second kappa shape index (κ2) is 5.06. The molecule has 0 aliphatic heterocycles. The summed E-state index contributed by atoms with van der Waals surface area (Å²) in [7, 11) is 0. The van der Waals surface area contributed by atoms with Gasteiger partial charge in [-0.1, -0.05) is 23.7 Å². The highest BCUT2D eigenvalue weighted by atomic mass is 35.5. The fourth-order valence-corrected chi connectivity index (χ4v) is 1.60. The van der Waals surface area contributed by atoms with Crippen molar-refractivity contribution < 1.29 is 14.2 Å². The summed E-state index contributed by atoms with van der Waals surface area (Å²) in [6.07, 6.45) is 0. The van der Waals surface area contributed by atoms with Crippen molar-refractivity contribution in [3.63, 3.8) is 0 Å². The maximum atomic E-state index is 12.9. The fraction of sp³-hybridized carbons (Fsp3) is 0.0769. The van der Waals surface area contributed by atoms with Crippen LogP contribution in [0.3, 0.4) is 0 Å². The van der Waals surface area contributed by atoms with Crippen LogP contribution in [0.1, 0.15) is 5.56 Å². The van der Waals surface area contributed by atoms with E-state index in [4.69, 9.17) is 16.3 Å². The molecule has 17 heavy (non-hydrogen) atoms. The van der Waals surface area contributed by atoms with Gasteiger partial charge in [-0.2, -0.15) is 0 Å². The fourth-order valence-electron chi connectivity index (χ4n) is 1.37. The molecule has 4 heteroatoms. The Morgan fingerprint density at radius 1 is 1.18 bits per heavy atom. The number of phenols is 1. The van der Waals surface area contributed by atoms with E-state index in [1.807, 2.05) is 0 Å². The van der Waals surface area contributed by atoms with E-state index in [0.29, 0.717) is 10.8 Å². The molecule has 0 radical (unpaired) electrons. The number of benzene rings is 2. The third-order valence-corrected chi connectivity index (χ3v) is 2.58. The zero-order chi connectivity index (χ0) is 12.3. The monoisotopic (exact) mass is 252 g/mol. The van der Waals surface area contributed by atoms with Crippen molar-refractivity contribution in [2.75, 3.05) is 0 Å². The molecule has 2 aromatic rings. The third-order valence-electron chi connectivity index (χ3n) is 2.23. The van der Waals surface area contributed by atoms with Crippen LogP contribution in [0.5, 0.6) is 11.5 Å². The van der Waals surface area contributed by atoms with E-state index in [-0.39, 0.29) is 18.2 Å². The van der Waals surface area contributed by atoms with Gasteiger partial charge in [0.15, 0.2) is 0 Å². The summed E-state index contributed by atoms with van der Waals surface area (Å²) in [6, 6.07) is 10.5. The van der Waals surface area contributed by atoms with Crippen LogP contribution in [0.25, 0.3) is 0 Å². The number of hydrogen-bond acceptors (Lipinski definition) is 2. The van der Waals surface area contributed by atoms with Crippen molar-refractivity contribution in [1.29, 1.82) is 0 Å². The second-order valence-corrected chi connectivity index (χ2v) is 3.93. The standard InChI is InChI=1S/C13H10ClFO2/c14-13-7-11(16)5-4-9(13)8-17-12-3-1-2-10(15)6-12/h1-7,16H,8H2. The summed E-state index contributed by atoms with van der Waals surface area (Å²) in [5.74, 6) is 0.193. The van der Waals surface area contributed by atoms with Gasteiger partial charge in [-0.05, 0) is 24.3 Å². The van der Waals surface area contributed by atoms with Gasteiger partial charge < -0.3 is 9.84 Å². The summed E-state index contributed by atoms with van der Waals surface area (Å²) in [5.41, 5.74) is 0.730. The molecule has 0 aliphatic rings. The molecule has 2 aromatic carbocycles. The van der Waals surface area contributed by atoms with Crippen LogP contribution in [-0.2, 0) is 6.61 Å². The van der Waals surface area contributed by atoms with Gasteiger partial charge >= 0.3 is 0 Å². The van der Waals surface area contributed by atoms with Crippen LogP contribution in [0.4, 0.5) is 4.39 Å². The van der Waals surface area contributed by atoms with Gasteiger partial charge in [-0.3, -0.25) is 0 Å². The number of phenolic OH excluding ortho intramolecular Hbond substituents is 1. The molecule has 0 heterocycles. The number of hydrogen-bond donors (Lipinski definition) is 1. The molecule has 0 amide bonds. The Labute approximate surface area is 103 Å². The summed E-state index contributed by atoms with van der Waals surface area (Å²) in [6.45, 7) is 0.225. The van der Waals surface area contributed by atoms with Gasteiger partial charge in [-0.25, -0.2) is 4.39 Å². The van der Waals surface area contributed by atoms with E-state index in [2.05, 4.69) is 0 Å². The Hall–Kier alpha value is -1.74. The number of ether oxygens (including phenoxy) is 1. The molecule has 0 aromatic heterocycles. The SMILES string of the molecule is Oc1ccc(COc2cccc(F)c2)c(Cl)c1. The van der Waals surface area contributed by atoms with Crippen molar-refractivity contribution in [1.82, 2.24) is 0 Å². The first-order chi connectivity index (χ1) is 8.15. The molecule has 2 rings (SSSR count). The zero-order valence-electron chi connectivity index (χ0n) is 8.86. The topological polar surface area (TPSA) is 29.5 Å². The Kier molecular flexibility index (Phi) is 3.49. The minimum atomic E-state index is -0.348. The molecular formula is C13H10ClFO2. The van der Waals surface area contributed by atoms with Crippen LogP contribution < -0.4 is 4.74 Å². The predicted octanol–water partition coefficient (Wildman–Crippen LogP) is 3.76. The van der Waals surface area contributed by atoms with Crippen LogP contribution in [0.15, 0.2) is 42.5 Å². The van der Waals surface area contributed by atoms with Crippen molar-refractivity contribution in [3.8, 4) is 11.5 Å². The van der Waals surface area contributed by atoms with E-state index < -0.39 is 0 Å². The van der Waals surface area contributed by atoms with E-state index in [1.165, 1.54) is 24.3 Å². The Balaban J connectivity index is 2.07. The number of aromatic hydroxyl groups is 1. The van der Waals surface area contributed by atoms with Gasteiger partial charge in [0.1, 0.15) is 23.9 Å². The molecule has 0 saturated carbocycles. The minimum Gasteiger partial charge on any atom is -0.508 e. The summed E-state index contributed by atoms with van der Waals surface area (Å²) < 4.78 is 18.3. The molecule has 0 unspecified atom stereocenters. The largest absolute Gasteiger partial charge is 0.508 e. The number of halogens is 2.